The van der Waals surface area contributed by atoms with Gasteiger partial charge in [-0.1, -0.05) is 20.8 Å². The Morgan fingerprint density at radius 1 is 1.21 bits per heavy atom. The average molecular weight is 194 g/mol. The first-order valence-electron chi connectivity index (χ1n) is 5.78. The van der Waals surface area contributed by atoms with Crippen molar-refractivity contribution in [1.82, 2.24) is 4.90 Å². The van der Waals surface area contributed by atoms with Crippen LogP contribution in [0.15, 0.2) is 0 Å². The second-order valence-corrected chi connectivity index (χ2v) is 4.84. The molecular formula is C12H22N2. The van der Waals surface area contributed by atoms with Crippen LogP contribution in [0.2, 0.25) is 0 Å². The van der Waals surface area contributed by atoms with E-state index in [1.807, 2.05) is 0 Å². The Kier molecular flexibility index (Phi) is 4.41. The summed E-state index contributed by atoms with van der Waals surface area (Å²) in [5, 5.41) is 9.13. The number of likely N-dealkylation sites (tertiary alicyclic amines) is 1. The van der Waals surface area contributed by atoms with E-state index in [1.54, 1.807) is 0 Å². The van der Waals surface area contributed by atoms with Gasteiger partial charge in [0, 0.05) is 0 Å². The molecule has 80 valence electrons. The standard InChI is InChI=1S/C12H22N2/c1-10(2)11(3)8-12(9-13)14-6-4-5-7-14/h10-12H,4-8H2,1-3H3. The maximum absolute atomic E-state index is 9.13. The lowest BCUT2D eigenvalue weighted by Gasteiger charge is -2.25. The Balaban J connectivity index is 2.42. The smallest absolute Gasteiger partial charge is 0.0980 e. The minimum absolute atomic E-state index is 0.162. The van der Waals surface area contributed by atoms with Crippen LogP contribution >= 0.6 is 0 Å². The number of hydrogen-bond acceptors (Lipinski definition) is 2. The number of hydrogen-bond donors (Lipinski definition) is 0. The zero-order chi connectivity index (χ0) is 10.6. The summed E-state index contributed by atoms with van der Waals surface area (Å²) in [5.41, 5.74) is 0. The van der Waals surface area contributed by atoms with Crippen LogP contribution in [-0.4, -0.2) is 24.0 Å². The number of rotatable bonds is 4. The summed E-state index contributed by atoms with van der Waals surface area (Å²) in [4.78, 5) is 2.35. The van der Waals surface area contributed by atoms with Gasteiger partial charge < -0.3 is 0 Å². The van der Waals surface area contributed by atoms with E-state index in [2.05, 4.69) is 31.7 Å². The van der Waals surface area contributed by atoms with E-state index in [9.17, 15) is 0 Å². The van der Waals surface area contributed by atoms with Gasteiger partial charge in [0.2, 0.25) is 0 Å². The van der Waals surface area contributed by atoms with Gasteiger partial charge in [0.1, 0.15) is 0 Å². The summed E-state index contributed by atoms with van der Waals surface area (Å²) >= 11 is 0. The fourth-order valence-electron chi connectivity index (χ4n) is 1.96. The van der Waals surface area contributed by atoms with Crippen molar-refractivity contribution in [1.29, 1.82) is 5.26 Å². The van der Waals surface area contributed by atoms with Crippen molar-refractivity contribution < 1.29 is 0 Å². The van der Waals surface area contributed by atoms with Gasteiger partial charge in [0.15, 0.2) is 0 Å². The van der Waals surface area contributed by atoms with Crippen molar-refractivity contribution in [2.24, 2.45) is 11.8 Å². The van der Waals surface area contributed by atoms with Crippen LogP contribution in [0.4, 0.5) is 0 Å². The molecular weight excluding hydrogens is 172 g/mol. The molecule has 0 spiro atoms. The molecule has 1 heterocycles. The van der Waals surface area contributed by atoms with E-state index < -0.39 is 0 Å². The summed E-state index contributed by atoms with van der Waals surface area (Å²) in [6, 6.07) is 2.62. The molecule has 2 atom stereocenters. The first-order valence-corrected chi connectivity index (χ1v) is 5.78. The van der Waals surface area contributed by atoms with E-state index >= 15 is 0 Å². The summed E-state index contributed by atoms with van der Waals surface area (Å²) < 4.78 is 0. The van der Waals surface area contributed by atoms with Gasteiger partial charge in [0.05, 0.1) is 12.1 Å². The largest absolute Gasteiger partial charge is 0.288 e. The van der Waals surface area contributed by atoms with Crippen LogP contribution in [-0.2, 0) is 0 Å². The lowest BCUT2D eigenvalue weighted by molar-refractivity contribution is 0.234. The van der Waals surface area contributed by atoms with Crippen molar-refractivity contribution in [3.8, 4) is 6.07 Å². The monoisotopic (exact) mass is 194 g/mol. The molecule has 0 N–H and O–H groups in total. The van der Waals surface area contributed by atoms with E-state index in [0.717, 1.165) is 19.5 Å². The molecule has 1 fully saturated rings. The molecule has 1 aliphatic heterocycles. The molecule has 0 aromatic heterocycles. The van der Waals surface area contributed by atoms with Gasteiger partial charge in [-0.3, -0.25) is 4.90 Å². The van der Waals surface area contributed by atoms with Gasteiger partial charge in [0.25, 0.3) is 0 Å². The summed E-state index contributed by atoms with van der Waals surface area (Å²) in [6.07, 6.45) is 3.58. The van der Waals surface area contributed by atoms with E-state index in [-0.39, 0.29) is 6.04 Å². The first-order chi connectivity index (χ1) is 6.65. The minimum Gasteiger partial charge on any atom is -0.288 e. The van der Waals surface area contributed by atoms with E-state index in [1.165, 1.54) is 12.8 Å². The summed E-state index contributed by atoms with van der Waals surface area (Å²) in [6.45, 7) is 8.99. The molecule has 1 aliphatic rings. The first kappa shape index (κ1) is 11.5. The molecule has 1 rings (SSSR count). The third-order valence-corrected chi connectivity index (χ3v) is 3.46. The minimum atomic E-state index is 0.162. The zero-order valence-electron chi connectivity index (χ0n) is 9.66. The third kappa shape index (κ3) is 2.99. The maximum Gasteiger partial charge on any atom is 0.0980 e. The summed E-state index contributed by atoms with van der Waals surface area (Å²) in [5.74, 6) is 1.34. The highest BCUT2D eigenvalue weighted by atomic mass is 15.2. The van der Waals surface area contributed by atoms with Gasteiger partial charge in [-0.25, -0.2) is 0 Å². The van der Waals surface area contributed by atoms with Gasteiger partial charge in [-0.05, 0) is 44.2 Å². The zero-order valence-corrected chi connectivity index (χ0v) is 9.66. The molecule has 1 saturated heterocycles. The second-order valence-electron chi connectivity index (χ2n) is 4.84. The van der Waals surface area contributed by atoms with Gasteiger partial charge >= 0.3 is 0 Å². The summed E-state index contributed by atoms with van der Waals surface area (Å²) in [7, 11) is 0. The Hall–Kier alpha value is -0.550. The molecule has 2 heteroatoms. The average Bonchev–Trinajstić information content (AvgIpc) is 2.66. The van der Waals surface area contributed by atoms with Crippen LogP contribution in [0.3, 0.4) is 0 Å². The Labute approximate surface area is 87.9 Å². The Bertz CT molecular complexity index is 199. The Morgan fingerprint density at radius 3 is 2.21 bits per heavy atom. The lowest BCUT2D eigenvalue weighted by Crippen LogP contribution is -2.33. The van der Waals surface area contributed by atoms with Crippen molar-refractivity contribution in [2.75, 3.05) is 13.1 Å². The predicted octanol–water partition coefficient (Wildman–Crippen LogP) is 2.66. The molecule has 0 aromatic carbocycles. The molecule has 2 unspecified atom stereocenters. The second kappa shape index (κ2) is 5.36. The normalized spacial score (nSPS) is 22.2. The molecule has 0 amide bonds. The topological polar surface area (TPSA) is 27.0 Å². The van der Waals surface area contributed by atoms with Crippen LogP contribution in [0.5, 0.6) is 0 Å². The number of nitrogens with zero attached hydrogens (tertiary/aromatic N) is 2. The number of nitriles is 1. The highest BCUT2D eigenvalue weighted by Crippen LogP contribution is 2.21. The van der Waals surface area contributed by atoms with Crippen LogP contribution in [0.1, 0.15) is 40.0 Å². The fraction of sp³-hybridized carbons (Fsp3) is 0.917. The molecule has 0 aromatic rings. The van der Waals surface area contributed by atoms with E-state index in [0.29, 0.717) is 11.8 Å². The van der Waals surface area contributed by atoms with Gasteiger partial charge in [-0.2, -0.15) is 5.26 Å². The predicted molar refractivity (Wildman–Crippen MR) is 58.8 cm³/mol. The van der Waals surface area contributed by atoms with Crippen molar-refractivity contribution in [3.63, 3.8) is 0 Å². The van der Waals surface area contributed by atoms with Crippen molar-refractivity contribution in [2.45, 2.75) is 46.1 Å². The lowest BCUT2D eigenvalue weighted by atomic mass is 9.91. The highest BCUT2D eigenvalue weighted by molar-refractivity contribution is 4.94. The molecule has 0 radical (unpaired) electrons. The maximum atomic E-state index is 9.13. The van der Waals surface area contributed by atoms with Crippen LogP contribution in [0, 0.1) is 23.2 Å². The highest BCUT2D eigenvalue weighted by Gasteiger charge is 2.23. The van der Waals surface area contributed by atoms with Crippen LogP contribution < -0.4 is 0 Å². The van der Waals surface area contributed by atoms with Crippen molar-refractivity contribution in [3.05, 3.63) is 0 Å². The SMILES string of the molecule is CC(C)C(C)CC(C#N)N1CCCC1. The Morgan fingerprint density at radius 2 is 1.79 bits per heavy atom. The van der Waals surface area contributed by atoms with Crippen molar-refractivity contribution >= 4 is 0 Å². The molecule has 0 bridgehead atoms. The third-order valence-electron chi connectivity index (χ3n) is 3.46. The molecule has 2 nitrogen and oxygen atoms in total. The quantitative estimate of drug-likeness (QED) is 0.688. The molecule has 14 heavy (non-hydrogen) atoms. The van der Waals surface area contributed by atoms with E-state index in [4.69, 9.17) is 5.26 Å². The van der Waals surface area contributed by atoms with Crippen LogP contribution in [0.25, 0.3) is 0 Å². The van der Waals surface area contributed by atoms with Gasteiger partial charge in [-0.15, -0.1) is 0 Å². The molecule has 0 aliphatic carbocycles. The molecule has 0 saturated carbocycles. The fourth-order valence-corrected chi connectivity index (χ4v) is 1.96.